The summed E-state index contributed by atoms with van der Waals surface area (Å²) in [5.41, 5.74) is -0.480. The van der Waals surface area contributed by atoms with E-state index in [1.807, 2.05) is 0 Å². The quantitative estimate of drug-likeness (QED) is 0.0360. The zero-order valence-electron chi connectivity index (χ0n) is 29.4. The van der Waals surface area contributed by atoms with Gasteiger partial charge in [-0.1, -0.05) is 239 Å². The summed E-state index contributed by atoms with van der Waals surface area (Å²) in [6.07, 6.45) is 32.0. The minimum atomic E-state index is -1.12. The van der Waals surface area contributed by atoms with E-state index in [9.17, 15) is 0 Å². The van der Waals surface area contributed by atoms with Crippen LogP contribution in [0.2, 0.25) is 0 Å². The Bertz CT molecular complexity index is 631. The second-order valence-electron chi connectivity index (χ2n) is 13.7. The molecule has 3 atom stereocenters. The van der Waals surface area contributed by atoms with E-state index >= 15 is 0 Å². The predicted octanol–water partition coefficient (Wildman–Crippen LogP) is 18.8. The Morgan fingerprint density at radius 1 is 0.265 bits per heavy atom. The third kappa shape index (κ3) is 38.1. The summed E-state index contributed by atoms with van der Waals surface area (Å²) in [6.45, 7) is 0. The predicted molar refractivity (Wildman–Crippen MR) is 230 cm³/mol. The minimum Gasteiger partial charge on any atom is -0.254 e. The molecule has 1 nitrogen and oxygen atoms in total. The summed E-state index contributed by atoms with van der Waals surface area (Å²) in [6, 6.07) is 0. The maximum absolute atomic E-state index is 7.05. The first kappa shape index (κ1) is 52.4. The topological polar surface area (TPSA) is 3.24 Å². The van der Waals surface area contributed by atoms with Crippen LogP contribution in [0.25, 0.3) is 0 Å². The van der Waals surface area contributed by atoms with Crippen molar-refractivity contribution in [2.24, 2.45) is 0 Å². The Kier molecular flexibility index (Phi) is 34.8. The van der Waals surface area contributed by atoms with E-state index in [-0.39, 0.29) is 16.5 Å². The third-order valence-electron chi connectivity index (χ3n) is 8.93. The normalized spacial score (nSPS) is 14.9. The van der Waals surface area contributed by atoms with Crippen LogP contribution in [-0.2, 0) is 0 Å². The van der Waals surface area contributed by atoms with Gasteiger partial charge in [-0.25, -0.2) is 0 Å². The number of unbranched alkanes of at least 4 members (excludes halogenated alkanes) is 21. The average Bonchev–Trinajstić information content (AvgIpc) is 2.98. The Morgan fingerprint density at radius 3 is 0.612 bits per heavy atom. The molecular weight excluding hydrogens is 872 g/mol. The van der Waals surface area contributed by atoms with E-state index in [2.05, 4.69) is 4.90 Å². The molecular formula is C36H63Cl12N. The van der Waals surface area contributed by atoms with E-state index in [0.717, 1.165) is 77.0 Å². The van der Waals surface area contributed by atoms with E-state index in [0.29, 0.717) is 19.3 Å². The lowest BCUT2D eigenvalue weighted by Gasteiger charge is -2.35. The number of hydrogen-bond donors (Lipinski definition) is 0. The second kappa shape index (κ2) is 32.5. The summed E-state index contributed by atoms with van der Waals surface area (Å²) >= 11 is 73.7. The molecule has 0 aliphatic carbocycles. The number of alkyl halides is 12. The molecule has 0 aromatic carbocycles. The van der Waals surface area contributed by atoms with Crippen molar-refractivity contribution in [1.29, 1.82) is 0 Å². The summed E-state index contributed by atoms with van der Waals surface area (Å²) < 4.78 is -3.37. The zero-order chi connectivity index (χ0) is 37.0. The molecule has 0 amide bonds. The highest BCUT2D eigenvalue weighted by Gasteiger charge is 2.29. The van der Waals surface area contributed by atoms with Crippen molar-refractivity contribution in [3.63, 3.8) is 0 Å². The molecule has 13 heteroatoms. The molecule has 0 aliphatic heterocycles. The summed E-state index contributed by atoms with van der Waals surface area (Å²) in [7, 11) is 0. The standard InChI is InChI=1S/C36H63Cl12N/c37-31(25-19-13-7-1-4-10-16-22-28-34(40,41)42)49(32(38)26-20-14-8-2-5-11-17-23-29-35(43,44)45)33(39)27-21-15-9-3-6-12-18-24-30-36(46,47)48/h31-33H,1-30H2. The first-order chi connectivity index (χ1) is 23.0. The maximum Gasteiger partial charge on any atom is 0.190 e. The van der Waals surface area contributed by atoms with Gasteiger partial charge in [0.1, 0.15) is 0 Å². The van der Waals surface area contributed by atoms with Gasteiger partial charge >= 0.3 is 0 Å². The molecule has 0 bridgehead atoms. The van der Waals surface area contributed by atoms with Gasteiger partial charge in [-0.3, -0.25) is 4.90 Å². The fourth-order valence-corrected chi connectivity index (χ4v) is 8.73. The van der Waals surface area contributed by atoms with Crippen LogP contribution >= 0.6 is 139 Å². The second-order valence-corrected chi connectivity index (χ2v) is 22.8. The monoisotopic (exact) mass is 929 g/mol. The van der Waals surface area contributed by atoms with Gasteiger partial charge < -0.3 is 0 Å². The summed E-state index contributed by atoms with van der Waals surface area (Å²) in [5.74, 6) is 0. The maximum atomic E-state index is 7.05. The fourth-order valence-electron chi connectivity index (χ4n) is 6.07. The molecule has 0 N–H and O–H groups in total. The molecule has 0 radical (unpaired) electrons. The van der Waals surface area contributed by atoms with Gasteiger partial charge in [0.2, 0.25) is 0 Å². The van der Waals surface area contributed by atoms with Crippen LogP contribution in [0.4, 0.5) is 0 Å². The largest absolute Gasteiger partial charge is 0.254 e. The number of nitrogens with zero attached hydrogens (tertiary/aromatic N) is 1. The number of halogens is 12. The van der Waals surface area contributed by atoms with E-state index in [1.54, 1.807) is 0 Å². The molecule has 0 saturated heterocycles. The molecule has 0 heterocycles. The van der Waals surface area contributed by atoms with Crippen molar-refractivity contribution in [1.82, 2.24) is 4.90 Å². The molecule has 0 spiro atoms. The van der Waals surface area contributed by atoms with Crippen molar-refractivity contribution in [2.75, 3.05) is 0 Å². The lowest BCUT2D eigenvalue weighted by atomic mass is 10.0. The molecule has 49 heavy (non-hydrogen) atoms. The number of rotatable bonds is 33. The summed E-state index contributed by atoms with van der Waals surface area (Å²) in [4.78, 5) is 2.19. The highest BCUT2D eigenvalue weighted by molar-refractivity contribution is 6.68. The molecule has 0 rings (SSSR count). The highest BCUT2D eigenvalue weighted by Crippen LogP contribution is 2.34. The smallest absolute Gasteiger partial charge is 0.190 e. The lowest BCUT2D eigenvalue weighted by molar-refractivity contribution is 0.180. The molecule has 0 aromatic heterocycles. The van der Waals surface area contributed by atoms with Crippen molar-refractivity contribution in [3.8, 4) is 0 Å². The molecule has 0 saturated carbocycles. The van der Waals surface area contributed by atoms with Gasteiger partial charge in [-0.2, -0.15) is 0 Å². The van der Waals surface area contributed by atoms with E-state index < -0.39 is 11.4 Å². The van der Waals surface area contributed by atoms with Gasteiger partial charge in [-0.05, 0) is 57.8 Å². The van der Waals surface area contributed by atoms with E-state index in [1.165, 1.54) is 96.3 Å². The third-order valence-corrected chi connectivity index (χ3v) is 12.0. The van der Waals surface area contributed by atoms with Gasteiger partial charge in [0.25, 0.3) is 0 Å². The van der Waals surface area contributed by atoms with Crippen LogP contribution in [0.15, 0.2) is 0 Å². The van der Waals surface area contributed by atoms with Crippen molar-refractivity contribution in [3.05, 3.63) is 0 Å². The Balaban J connectivity index is 4.47. The van der Waals surface area contributed by atoms with Crippen LogP contribution in [0.3, 0.4) is 0 Å². The SMILES string of the molecule is ClC(CCCCCCCCCCC(Cl)(Cl)Cl)N(C(Cl)CCCCCCCCCCC(Cl)(Cl)Cl)C(Cl)CCCCCCCCCCC(Cl)(Cl)Cl. The van der Waals surface area contributed by atoms with Crippen LogP contribution in [0.5, 0.6) is 0 Å². The number of hydrogen-bond acceptors (Lipinski definition) is 1. The average molecular weight is 935 g/mol. The Labute approximate surface area is 361 Å². The van der Waals surface area contributed by atoms with Crippen molar-refractivity contribution < 1.29 is 0 Å². The Hall–Kier alpha value is 3.44. The molecule has 0 fully saturated rings. The molecule has 0 aliphatic rings. The molecule has 296 valence electrons. The lowest BCUT2D eigenvalue weighted by Crippen LogP contribution is -2.43. The van der Waals surface area contributed by atoms with Crippen LogP contribution in [0, 0.1) is 0 Å². The first-order valence-electron chi connectivity index (χ1n) is 18.9. The molecule has 0 aromatic rings. The Morgan fingerprint density at radius 2 is 0.429 bits per heavy atom. The van der Waals surface area contributed by atoms with Crippen LogP contribution in [-0.4, -0.2) is 32.8 Å². The zero-order valence-corrected chi connectivity index (χ0v) is 38.5. The minimum absolute atomic E-state index is 0.160. The van der Waals surface area contributed by atoms with Gasteiger partial charge in [0.05, 0.1) is 16.5 Å². The highest BCUT2D eigenvalue weighted by atomic mass is 35.6. The van der Waals surface area contributed by atoms with Crippen molar-refractivity contribution >= 4 is 139 Å². The first-order valence-corrected chi connectivity index (χ1v) is 23.6. The summed E-state index contributed by atoms with van der Waals surface area (Å²) in [5, 5.41) is 0. The van der Waals surface area contributed by atoms with Gasteiger partial charge in [-0.15, -0.1) is 34.8 Å². The molecule has 3 unspecified atom stereocenters. The van der Waals surface area contributed by atoms with Crippen LogP contribution < -0.4 is 0 Å². The van der Waals surface area contributed by atoms with E-state index in [4.69, 9.17) is 139 Å². The van der Waals surface area contributed by atoms with Crippen molar-refractivity contribution in [2.45, 2.75) is 221 Å². The fraction of sp³-hybridized carbons (Fsp3) is 1.00. The van der Waals surface area contributed by atoms with Gasteiger partial charge in [0.15, 0.2) is 11.4 Å². The van der Waals surface area contributed by atoms with Crippen LogP contribution in [0.1, 0.15) is 193 Å². The van der Waals surface area contributed by atoms with Gasteiger partial charge in [0, 0.05) is 0 Å².